The number of pyridine rings is 1. The van der Waals surface area contributed by atoms with Crippen molar-refractivity contribution in [2.75, 3.05) is 5.32 Å². The molecule has 1 aromatic heterocycles. The van der Waals surface area contributed by atoms with E-state index in [0.717, 1.165) is 5.69 Å². The lowest BCUT2D eigenvalue weighted by Gasteiger charge is -2.18. The minimum Gasteiger partial charge on any atom is -0.381 e. The first kappa shape index (κ1) is 11.2. The lowest BCUT2D eigenvalue weighted by atomic mass is 9.92. The van der Waals surface area contributed by atoms with Crippen LogP contribution in [0.15, 0.2) is 23.1 Å². The molecule has 1 fully saturated rings. The average molecular weight is 220 g/mol. The fourth-order valence-electron chi connectivity index (χ4n) is 2.47. The molecule has 1 unspecified atom stereocenters. The normalized spacial score (nSPS) is 23.3. The molecule has 1 aliphatic carbocycles. The molecule has 1 aliphatic rings. The van der Waals surface area contributed by atoms with E-state index in [1.165, 1.54) is 19.3 Å². The van der Waals surface area contributed by atoms with Crippen LogP contribution in [0.4, 0.5) is 5.69 Å². The number of aromatic nitrogens is 1. The van der Waals surface area contributed by atoms with Gasteiger partial charge in [-0.2, -0.15) is 0 Å². The van der Waals surface area contributed by atoms with Gasteiger partial charge in [-0.1, -0.05) is 13.8 Å². The fraction of sp³-hybridized carbons (Fsp3) is 0.615. The van der Waals surface area contributed by atoms with Crippen molar-refractivity contribution >= 4 is 5.69 Å². The van der Waals surface area contributed by atoms with Crippen LogP contribution in [0.1, 0.15) is 33.1 Å². The van der Waals surface area contributed by atoms with Gasteiger partial charge in [0.05, 0.1) is 5.69 Å². The third-order valence-electron chi connectivity index (χ3n) is 3.43. The van der Waals surface area contributed by atoms with E-state index in [9.17, 15) is 4.79 Å². The highest BCUT2D eigenvalue weighted by Gasteiger charge is 2.30. The highest BCUT2D eigenvalue weighted by molar-refractivity contribution is 5.41. The summed E-state index contributed by atoms with van der Waals surface area (Å²) in [5.41, 5.74) is 1.54. The van der Waals surface area contributed by atoms with Crippen molar-refractivity contribution in [2.24, 2.45) is 12.5 Å². The molecule has 1 heterocycles. The minimum atomic E-state index is 0.0392. The second-order valence-corrected chi connectivity index (χ2v) is 5.62. The summed E-state index contributed by atoms with van der Waals surface area (Å²) in [4.78, 5) is 11.2. The van der Waals surface area contributed by atoms with Crippen LogP contribution in [0.25, 0.3) is 0 Å². The molecule has 88 valence electrons. The van der Waals surface area contributed by atoms with Crippen LogP contribution >= 0.6 is 0 Å². The van der Waals surface area contributed by atoms with Crippen LogP contribution in [0.2, 0.25) is 0 Å². The Morgan fingerprint density at radius 2 is 2.19 bits per heavy atom. The van der Waals surface area contributed by atoms with E-state index in [1.807, 2.05) is 12.3 Å². The molecule has 2 rings (SSSR count). The average Bonchev–Trinajstić information content (AvgIpc) is 2.52. The Morgan fingerprint density at radius 1 is 1.44 bits per heavy atom. The predicted molar refractivity (Wildman–Crippen MR) is 66.7 cm³/mol. The molecule has 3 nitrogen and oxygen atoms in total. The summed E-state index contributed by atoms with van der Waals surface area (Å²) in [7, 11) is 1.78. The monoisotopic (exact) mass is 220 g/mol. The molecular weight excluding hydrogens is 200 g/mol. The highest BCUT2D eigenvalue weighted by Crippen LogP contribution is 2.38. The molecule has 3 heteroatoms. The van der Waals surface area contributed by atoms with Crippen molar-refractivity contribution in [1.29, 1.82) is 0 Å². The third-order valence-corrected chi connectivity index (χ3v) is 3.43. The number of hydrogen-bond acceptors (Lipinski definition) is 2. The van der Waals surface area contributed by atoms with Crippen molar-refractivity contribution in [3.8, 4) is 0 Å². The zero-order chi connectivity index (χ0) is 11.8. The largest absolute Gasteiger partial charge is 0.381 e. The molecule has 1 aromatic rings. The molecule has 1 atom stereocenters. The molecule has 0 aliphatic heterocycles. The highest BCUT2D eigenvalue weighted by atomic mass is 16.1. The van der Waals surface area contributed by atoms with E-state index in [0.29, 0.717) is 11.5 Å². The molecule has 16 heavy (non-hydrogen) atoms. The second-order valence-electron chi connectivity index (χ2n) is 5.62. The molecule has 0 aromatic carbocycles. The number of hydrogen-bond donors (Lipinski definition) is 1. The van der Waals surface area contributed by atoms with Crippen molar-refractivity contribution in [3.63, 3.8) is 0 Å². The number of aryl methyl sites for hydroxylation is 1. The molecule has 1 saturated carbocycles. The molecule has 0 amide bonds. The van der Waals surface area contributed by atoms with Gasteiger partial charge in [0.1, 0.15) is 0 Å². The second kappa shape index (κ2) is 3.96. The van der Waals surface area contributed by atoms with Gasteiger partial charge in [-0.15, -0.1) is 0 Å². The number of nitrogens with one attached hydrogen (secondary N) is 1. The maximum absolute atomic E-state index is 11.2. The van der Waals surface area contributed by atoms with Crippen LogP contribution in [0.5, 0.6) is 0 Å². The first-order chi connectivity index (χ1) is 7.46. The van der Waals surface area contributed by atoms with Crippen LogP contribution < -0.4 is 10.9 Å². The van der Waals surface area contributed by atoms with Crippen molar-refractivity contribution in [2.45, 2.75) is 39.2 Å². The SMILES string of the molecule is Cn1cc(NC2CCC(C)(C)C2)ccc1=O. The Balaban J connectivity index is 2.05. The minimum absolute atomic E-state index is 0.0392. The first-order valence-electron chi connectivity index (χ1n) is 5.89. The summed E-state index contributed by atoms with van der Waals surface area (Å²) in [6.07, 6.45) is 5.57. The van der Waals surface area contributed by atoms with E-state index in [1.54, 1.807) is 17.7 Å². The lowest BCUT2D eigenvalue weighted by molar-refractivity contribution is 0.378. The molecule has 0 radical (unpaired) electrons. The Hall–Kier alpha value is -1.25. The molecule has 0 spiro atoms. The van der Waals surface area contributed by atoms with Gasteiger partial charge < -0.3 is 9.88 Å². The van der Waals surface area contributed by atoms with Gasteiger partial charge in [-0.05, 0) is 30.7 Å². The molecule has 0 saturated heterocycles. The fourth-order valence-corrected chi connectivity index (χ4v) is 2.47. The van der Waals surface area contributed by atoms with Crippen molar-refractivity contribution < 1.29 is 0 Å². The van der Waals surface area contributed by atoms with Gasteiger partial charge in [0, 0.05) is 25.4 Å². The van der Waals surface area contributed by atoms with Gasteiger partial charge in [-0.25, -0.2) is 0 Å². The quantitative estimate of drug-likeness (QED) is 0.830. The van der Waals surface area contributed by atoms with Gasteiger partial charge in [-0.3, -0.25) is 4.79 Å². The zero-order valence-electron chi connectivity index (χ0n) is 10.3. The maximum Gasteiger partial charge on any atom is 0.250 e. The smallest absolute Gasteiger partial charge is 0.250 e. The standard InChI is InChI=1S/C13H20N2O/c1-13(2)7-6-10(8-13)14-11-4-5-12(16)15(3)9-11/h4-5,9-10,14H,6-8H2,1-3H3. The van der Waals surface area contributed by atoms with Gasteiger partial charge >= 0.3 is 0 Å². The summed E-state index contributed by atoms with van der Waals surface area (Å²) in [5.74, 6) is 0. The molecular formula is C13H20N2O. The Morgan fingerprint density at radius 3 is 2.75 bits per heavy atom. The Kier molecular flexibility index (Phi) is 2.78. The Bertz CT molecular complexity index is 434. The molecule has 0 bridgehead atoms. The van der Waals surface area contributed by atoms with Gasteiger partial charge in [0.2, 0.25) is 5.56 Å². The number of anilines is 1. The van der Waals surface area contributed by atoms with Crippen molar-refractivity contribution in [1.82, 2.24) is 4.57 Å². The van der Waals surface area contributed by atoms with Crippen LogP contribution in [0.3, 0.4) is 0 Å². The summed E-state index contributed by atoms with van der Waals surface area (Å²) in [6.45, 7) is 4.63. The summed E-state index contributed by atoms with van der Waals surface area (Å²) in [6, 6.07) is 4.03. The van der Waals surface area contributed by atoms with Gasteiger partial charge in [0.15, 0.2) is 0 Å². The lowest BCUT2D eigenvalue weighted by Crippen LogP contribution is -2.20. The molecule has 1 N–H and O–H groups in total. The summed E-state index contributed by atoms with van der Waals surface area (Å²) < 4.78 is 1.61. The predicted octanol–water partition coefficient (Wildman–Crippen LogP) is 2.38. The van der Waals surface area contributed by atoms with Gasteiger partial charge in [0.25, 0.3) is 0 Å². The maximum atomic E-state index is 11.2. The van der Waals surface area contributed by atoms with Crippen LogP contribution in [0, 0.1) is 5.41 Å². The van der Waals surface area contributed by atoms with E-state index in [2.05, 4.69) is 19.2 Å². The van der Waals surface area contributed by atoms with E-state index in [4.69, 9.17) is 0 Å². The summed E-state index contributed by atoms with van der Waals surface area (Å²) in [5, 5.41) is 3.50. The first-order valence-corrected chi connectivity index (χ1v) is 5.89. The summed E-state index contributed by atoms with van der Waals surface area (Å²) >= 11 is 0. The van der Waals surface area contributed by atoms with Crippen LogP contribution in [-0.2, 0) is 7.05 Å². The Labute approximate surface area is 96.5 Å². The van der Waals surface area contributed by atoms with Crippen molar-refractivity contribution in [3.05, 3.63) is 28.7 Å². The van der Waals surface area contributed by atoms with E-state index >= 15 is 0 Å². The zero-order valence-corrected chi connectivity index (χ0v) is 10.3. The topological polar surface area (TPSA) is 34.0 Å². The number of rotatable bonds is 2. The van der Waals surface area contributed by atoms with E-state index in [-0.39, 0.29) is 5.56 Å². The number of nitrogens with zero attached hydrogens (tertiary/aromatic N) is 1. The third kappa shape index (κ3) is 2.46. The van der Waals surface area contributed by atoms with Crippen LogP contribution in [-0.4, -0.2) is 10.6 Å². The van der Waals surface area contributed by atoms with E-state index < -0.39 is 0 Å².